The summed E-state index contributed by atoms with van der Waals surface area (Å²) < 4.78 is 0.931. The van der Waals surface area contributed by atoms with Crippen LogP contribution in [0, 0.1) is 13.8 Å². The normalized spacial score (nSPS) is 16.5. The van der Waals surface area contributed by atoms with E-state index in [4.69, 9.17) is 0 Å². The zero-order chi connectivity index (χ0) is 16.6. The maximum Gasteiger partial charge on any atom is 0.298 e. The fourth-order valence-electron chi connectivity index (χ4n) is 2.38. The summed E-state index contributed by atoms with van der Waals surface area (Å²) in [6.07, 6.45) is 1.75. The van der Waals surface area contributed by atoms with Gasteiger partial charge in [0.2, 0.25) is 0 Å². The molecular formula is C18H14BrNO2S. The van der Waals surface area contributed by atoms with Gasteiger partial charge in [-0.15, -0.1) is 0 Å². The molecular weight excluding hydrogens is 374 g/mol. The lowest BCUT2D eigenvalue weighted by Crippen LogP contribution is -2.28. The highest BCUT2D eigenvalue weighted by Crippen LogP contribution is 2.37. The van der Waals surface area contributed by atoms with Gasteiger partial charge in [0, 0.05) is 4.47 Å². The highest BCUT2D eigenvalue weighted by atomic mass is 79.9. The third kappa shape index (κ3) is 3.26. The average molecular weight is 388 g/mol. The van der Waals surface area contributed by atoms with E-state index < -0.39 is 0 Å². The minimum Gasteiger partial charge on any atom is -0.268 e. The Labute approximate surface area is 147 Å². The molecule has 3 rings (SSSR count). The Morgan fingerprint density at radius 3 is 2.61 bits per heavy atom. The molecule has 1 aliphatic heterocycles. The van der Waals surface area contributed by atoms with Gasteiger partial charge >= 0.3 is 0 Å². The number of benzene rings is 2. The summed E-state index contributed by atoms with van der Waals surface area (Å²) >= 11 is 4.38. The fourth-order valence-corrected chi connectivity index (χ4v) is 3.63. The molecule has 1 saturated heterocycles. The lowest BCUT2D eigenvalue weighted by Gasteiger charge is -2.16. The number of imide groups is 1. The van der Waals surface area contributed by atoms with Crippen LogP contribution in [0.25, 0.3) is 6.08 Å². The molecule has 0 spiro atoms. The van der Waals surface area contributed by atoms with Crippen LogP contribution in [0.2, 0.25) is 0 Å². The summed E-state index contributed by atoms with van der Waals surface area (Å²) in [6, 6.07) is 13.4. The van der Waals surface area contributed by atoms with Crippen LogP contribution in [0.4, 0.5) is 10.5 Å². The Morgan fingerprint density at radius 1 is 1.09 bits per heavy atom. The van der Waals surface area contributed by atoms with Crippen LogP contribution in [-0.4, -0.2) is 11.1 Å². The number of carbonyl (C=O) groups is 2. The first-order valence-corrected chi connectivity index (χ1v) is 8.67. The molecule has 1 aliphatic rings. The van der Waals surface area contributed by atoms with Gasteiger partial charge in [0.25, 0.3) is 11.1 Å². The van der Waals surface area contributed by atoms with Gasteiger partial charge in [-0.25, -0.2) is 4.90 Å². The Balaban J connectivity index is 1.99. The number of amides is 2. The van der Waals surface area contributed by atoms with E-state index in [-0.39, 0.29) is 11.1 Å². The molecule has 0 aliphatic carbocycles. The van der Waals surface area contributed by atoms with E-state index in [0.29, 0.717) is 10.6 Å². The van der Waals surface area contributed by atoms with Crippen molar-refractivity contribution in [3.05, 3.63) is 68.5 Å². The van der Waals surface area contributed by atoms with E-state index in [9.17, 15) is 9.59 Å². The Hall–Kier alpha value is -1.85. The van der Waals surface area contributed by atoms with Crippen LogP contribution >= 0.6 is 27.7 Å². The highest BCUT2D eigenvalue weighted by Gasteiger charge is 2.36. The predicted octanol–water partition coefficient (Wildman–Crippen LogP) is 5.31. The zero-order valence-corrected chi connectivity index (χ0v) is 15.1. The second-order valence-corrected chi connectivity index (χ2v) is 7.27. The van der Waals surface area contributed by atoms with Gasteiger partial charge in [-0.2, -0.15) is 0 Å². The van der Waals surface area contributed by atoms with Crippen LogP contribution in [0.1, 0.15) is 16.7 Å². The molecule has 0 saturated carbocycles. The third-order valence-electron chi connectivity index (χ3n) is 3.55. The number of carbonyl (C=O) groups excluding carboxylic acids is 2. The Morgan fingerprint density at radius 2 is 1.87 bits per heavy atom. The van der Waals surface area contributed by atoms with Crippen LogP contribution in [0.3, 0.4) is 0 Å². The average Bonchev–Trinajstić information content (AvgIpc) is 2.76. The lowest BCUT2D eigenvalue weighted by molar-refractivity contribution is -0.113. The van der Waals surface area contributed by atoms with Gasteiger partial charge in [-0.1, -0.05) is 40.2 Å². The van der Waals surface area contributed by atoms with Crippen molar-refractivity contribution in [2.45, 2.75) is 13.8 Å². The van der Waals surface area contributed by atoms with Gasteiger partial charge in [-0.3, -0.25) is 9.59 Å². The van der Waals surface area contributed by atoms with Crippen LogP contribution < -0.4 is 4.90 Å². The van der Waals surface area contributed by atoms with Crippen molar-refractivity contribution in [3.63, 3.8) is 0 Å². The topological polar surface area (TPSA) is 37.4 Å². The Bertz CT molecular complexity index is 845. The summed E-state index contributed by atoms with van der Waals surface area (Å²) in [6.45, 7) is 3.84. The molecule has 0 N–H and O–H groups in total. The van der Waals surface area contributed by atoms with E-state index in [2.05, 4.69) is 15.9 Å². The lowest BCUT2D eigenvalue weighted by atomic mass is 10.1. The predicted molar refractivity (Wildman–Crippen MR) is 98.5 cm³/mol. The van der Waals surface area contributed by atoms with Crippen molar-refractivity contribution in [2.24, 2.45) is 0 Å². The van der Waals surface area contributed by atoms with E-state index in [1.165, 1.54) is 4.90 Å². The van der Waals surface area contributed by atoms with E-state index >= 15 is 0 Å². The number of hydrogen-bond donors (Lipinski definition) is 0. The second-order valence-electron chi connectivity index (χ2n) is 5.36. The summed E-state index contributed by atoms with van der Waals surface area (Å²) in [4.78, 5) is 26.7. The molecule has 3 nitrogen and oxygen atoms in total. The minimum atomic E-state index is -0.270. The van der Waals surface area contributed by atoms with E-state index in [1.54, 1.807) is 6.08 Å². The standard InChI is InChI=1S/C18H14BrNO2S/c1-11-6-7-12(2)15(8-11)20-17(21)16(23-18(20)22)10-13-4-3-5-14(19)9-13/h3-10H,1-2H3/b16-10-. The van der Waals surface area contributed by atoms with Crippen molar-refractivity contribution in [1.29, 1.82) is 0 Å². The molecule has 2 aromatic rings. The molecule has 0 bridgehead atoms. The van der Waals surface area contributed by atoms with Crippen LogP contribution in [-0.2, 0) is 4.79 Å². The molecule has 2 aromatic carbocycles. The zero-order valence-electron chi connectivity index (χ0n) is 12.7. The maximum absolute atomic E-state index is 12.7. The largest absolute Gasteiger partial charge is 0.298 e. The highest BCUT2D eigenvalue weighted by molar-refractivity contribution is 9.10. The summed E-state index contributed by atoms with van der Waals surface area (Å²) in [5.41, 5.74) is 3.46. The van der Waals surface area contributed by atoms with Gasteiger partial charge < -0.3 is 0 Å². The molecule has 1 fully saturated rings. The van der Waals surface area contributed by atoms with E-state index in [1.807, 2.05) is 56.3 Å². The van der Waals surface area contributed by atoms with Crippen LogP contribution in [0.15, 0.2) is 51.8 Å². The molecule has 0 radical (unpaired) electrons. The summed E-state index contributed by atoms with van der Waals surface area (Å²) in [7, 11) is 0. The first-order chi connectivity index (χ1) is 11.0. The smallest absolute Gasteiger partial charge is 0.268 e. The molecule has 0 unspecified atom stereocenters. The number of hydrogen-bond acceptors (Lipinski definition) is 3. The monoisotopic (exact) mass is 387 g/mol. The molecule has 0 aromatic heterocycles. The first kappa shape index (κ1) is 16.0. The number of rotatable bonds is 2. The summed E-state index contributed by atoms with van der Waals surface area (Å²) in [5.74, 6) is -0.270. The third-order valence-corrected chi connectivity index (χ3v) is 4.91. The van der Waals surface area contributed by atoms with Crippen molar-refractivity contribution in [2.75, 3.05) is 4.90 Å². The van der Waals surface area contributed by atoms with Gasteiger partial charge in [0.15, 0.2) is 0 Å². The number of aryl methyl sites for hydroxylation is 2. The SMILES string of the molecule is Cc1ccc(C)c(N2C(=O)S/C(=C\c3cccc(Br)c3)C2=O)c1. The molecule has 1 heterocycles. The molecule has 0 atom stereocenters. The Kier molecular flexibility index (Phi) is 4.41. The fraction of sp³-hybridized carbons (Fsp3) is 0.111. The number of anilines is 1. The van der Waals surface area contributed by atoms with E-state index in [0.717, 1.165) is 32.9 Å². The van der Waals surface area contributed by atoms with Gasteiger partial charge in [0.05, 0.1) is 10.6 Å². The maximum atomic E-state index is 12.7. The van der Waals surface area contributed by atoms with Crippen molar-refractivity contribution < 1.29 is 9.59 Å². The van der Waals surface area contributed by atoms with Gasteiger partial charge in [0.1, 0.15) is 0 Å². The van der Waals surface area contributed by atoms with Crippen molar-refractivity contribution in [3.8, 4) is 0 Å². The molecule has 5 heteroatoms. The molecule has 2 amide bonds. The molecule has 116 valence electrons. The van der Waals surface area contributed by atoms with Gasteiger partial charge in [-0.05, 0) is 66.6 Å². The van der Waals surface area contributed by atoms with Crippen molar-refractivity contribution >= 4 is 50.6 Å². The summed E-state index contributed by atoms with van der Waals surface area (Å²) in [5, 5.41) is -0.259. The van der Waals surface area contributed by atoms with Crippen molar-refractivity contribution in [1.82, 2.24) is 0 Å². The second kappa shape index (κ2) is 6.34. The number of nitrogens with zero attached hydrogens (tertiary/aromatic N) is 1. The minimum absolute atomic E-state index is 0.259. The number of thioether (sulfide) groups is 1. The quantitative estimate of drug-likeness (QED) is 0.655. The van der Waals surface area contributed by atoms with Crippen LogP contribution in [0.5, 0.6) is 0 Å². The number of halogens is 1. The first-order valence-electron chi connectivity index (χ1n) is 7.06. The molecule has 23 heavy (non-hydrogen) atoms.